The van der Waals surface area contributed by atoms with Crippen molar-refractivity contribution in [1.82, 2.24) is 5.32 Å². The van der Waals surface area contributed by atoms with Crippen LogP contribution in [0.25, 0.3) is 0 Å². The second kappa shape index (κ2) is 5.03. The Kier molecular flexibility index (Phi) is 4.63. The molecule has 0 amide bonds. The van der Waals surface area contributed by atoms with E-state index in [2.05, 4.69) is 17.2 Å². The Hall–Kier alpha value is -0.790. The van der Waals surface area contributed by atoms with E-state index in [0.717, 1.165) is 18.0 Å². The molecule has 0 fully saturated rings. The Labute approximate surface area is 63.0 Å². The van der Waals surface area contributed by atoms with E-state index in [1.807, 2.05) is 27.0 Å². The molecule has 0 saturated carbocycles. The van der Waals surface area contributed by atoms with Gasteiger partial charge in [0.1, 0.15) is 5.82 Å². The fourth-order valence-electron chi connectivity index (χ4n) is 0.549. The van der Waals surface area contributed by atoms with Crippen molar-refractivity contribution in [2.24, 2.45) is 4.99 Å². The lowest BCUT2D eigenvalue weighted by atomic mass is 10.3. The van der Waals surface area contributed by atoms with E-state index in [1.54, 1.807) is 0 Å². The second-order valence-corrected chi connectivity index (χ2v) is 2.12. The van der Waals surface area contributed by atoms with Crippen molar-refractivity contribution in [3.63, 3.8) is 0 Å². The van der Waals surface area contributed by atoms with Crippen molar-refractivity contribution in [1.29, 1.82) is 0 Å². The summed E-state index contributed by atoms with van der Waals surface area (Å²) in [5, 5.41) is 2.99. The van der Waals surface area contributed by atoms with Gasteiger partial charge in [0.25, 0.3) is 0 Å². The molecule has 0 saturated heterocycles. The standard InChI is InChI=1S/C8H16N2/c1-5-7(3)10-8(6-2)9-4/h6,9H,5H2,1-4H3/b8-6+,10-7+. The Bertz CT molecular complexity index is 145. The van der Waals surface area contributed by atoms with Gasteiger partial charge in [0.05, 0.1) is 0 Å². The van der Waals surface area contributed by atoms with E-state index in [1.165, 1.54) is 0 Å². The average molecular weight is 140 g/mol. The zero-order valence-corrected chi connectivity index (χ0v) is 7.23. The summed E-state index contributed by atoms with van der Waals surface area (Å²) in [4.78, 5) is 4.30. The fourth-order valence-corrected chi connectivity index (χ4v) is 0.549. The van der Waals surface area contributed by atoms with E-state index >= 15 is 0 Å². The van der Waals surface area contributed by atoms with E-state index in [-0.39, 0.29) is 0 Å². The Morgan fingerprint density at radius 1 is 1.60 bits per heavy atom. The molecule has 0 aromatic heterocycles. The monoisotopic (exact) mass is 140 g/mol. The van der Waals surface area contributed by atoms with Crippen molar-refractivity contribution in [2.75, 3.05) is 7.05 Å². The molecule has 0 spiro atoms. The molecular formula is C8H16N2. The van der Waals surface area contributed by atoms with Gasteiger partial charge in [-0.25, -0.2) is 4.99 Å². The van der Waals surface area contributed by atoms with Gasteiger partial charge >= 0.3 is 0 Å². The first kappa shape index (κ1) is 9.21. The third kappa shape index (κ3) is 3.28. The van der Waals surface area contributed by atoms with Gasteiger partial charge < -0.3 is 5.32 Å². The first-order valence-electron chi connectivity index (χ1n) is 3.62. The summed E-state index contributed by atoms with van der Waals surface area (Å²) >= 11 is 0. The maximum absolute atomic E-state index is 4.30. The highest BCUT2D eigenvalue weighted by atomic mass is 15.0. The van der Waals surface area contributed by atoms with Crippen molar-refractivity contribution in [2.45, 2.75) is 27.2 Å². The summed E-state index contributed by atoms with van der Waals surface area (Å²) in [6, 6.07) is 0. The zero-order valence-electron chi connectivity index (χ0n) is 7.23. The minimum absolute atomic E-state index is 0.944. The van der Waals surface area contributed by atoms with Crippen molar-refractivity contribution < 1.29 is 0 Å². The maximum atomic E-state index is 4.30. The molecule has 2 heteroatoms. The second-order valence-electron chi connectivity index (χ2n) is 2.12. The topological polar surface area (TPSA) is 24.4 Å². The van der Waals surface area contributed by atoms with Gasteiger partial charge in [0.2, 0.25) is 0 Å². The van der Waals surface area contributed by atoms with E-state index in [0.29, 0.717) is 0 Å². The number of nitrogens with one attached hydrogen (secondary N) is 1. The van der Waals surface area contributed by atoms with E-state index < -0.39 is 0 Å². The van der Waals surface area contributed by atoms with Crippen molar-refractivity contribution in [3.05, 3.63) is 11.9 Å². The minimum atomic E-state index is 0.944. The molecule has 0 aromatic carbocycles. The molecule has 10 heavy (non-hydrogen) atoms. The molecule has 0 radical (unpaired) electrons. The van der Waals surface area contributed by atoms with Crippen LogP contribution in [-0.2, 0) is 0 Å². The minimum Gasteiger partial charge on any atom is -0.373 e. The van der Waals surface area contributed by atoms with Crippen LogP contribution >= 0.6 is 0 Å². The van der Waals surface area contributed by atoms with E-state index in [9.17, 15) is 0 Å². The molecule has 0 aliphatic heterocycles. The summed E-state index contributed by atoms with van der Waals surface area (Å²) in [5.74, 6) is 0.944. The van der Waals surface area contributed by atoms with Crippen LogP contribution in [0.2, 0.25) is 0 Å². The molecule has 58 valence electrons. The lowest BCUT2D eigenvalue weighted by Gasteiger charge is -1.99. The Morgan fingerprint density at radius 3 is 2.50 bits per heavy atom. The van der Waals surface area contributed by atoms with Gasteiger partial charge in [-0.15, -0.1) is 0 Å². The van der Waals surface area contributed by atoms with Crippen molar-refractivity contribution >= 4 is 5.71 Å². The molecule has 0 atom stereocenters. The van der Waals surface area contributed by atoms with Crippen LogP contribution in [0.5, 0.6) is 0 Å². The quantitative estimate of drug-likeness (QED) is 0.595. The van der Waals surface area contributed by atoms with Crippen LogP contribution in [0, 0.1) is 0 Å². The summed E-state index contributed by atoms with van der Waals surface area (Å²) < 4.78 is 0. The molecule has 0 heterocycles. The molecule has 0 bridgehead atoms. The Morgan fingerprint density at radius 2 is 2.20 bits per heavy atom. The number of allylic oxidation sites excluding steroid dienone is 1. The molecule has 0 aliphatic rings. The summed E-state index contributed by atoms with van der Waals surface area (Å²) in [6.07, 6.45) is 2.97. The van der Waals surface area contributed by atoms with Gasteiger partial charge in [-0.1, -0.05) is 6.92 Å². The largest absolute Gasteiger partial charge is 0.373 e. The molecule has 0 aliphatic carbocycles. The highest BCUT2D eigenvalue weighted by molar-refractivity contribution is 5.82. The number of hydrogen-bond acceptors (Lipinski definition) is 2. The van der Waals surface area contributed by atoms with Crippen LogP contribution in [0.1, 0.15) is 27.2 Å². The van der Waals surface area contributed by atoms with Gasteiger partial charge in [-0.3, -0.25) is 0 Å². The van der Waals surface area contributed by atoms with Crippen LogP contribution < -0.4 is 5.32 Å². The van der Waals surface area contributed by atoms with Crippen LogP contribution in [-0.4, -0.2) is 12.8 Å². The zero-order chi connectivity index (χ0) is 7.98. The van der Waals surface area contributed by atoms with Crippen LogP contribution in [0.3, 0.4) is 0 Å². The number of rotatable bonds is 3. The number of aliphatic imine (C=N–C) groups is 1. The first-order valence-corrected chi connectivity index (χ1v) is 3.62. The normalized spacial score (nSPS) is 13.6. The number of hydrogen-bond donors (Lipinski definition) is 1. The highest BCUT2D eigenvalue weighted by Gasteiger charge is 1.87. The lowest BCUT2D eigenvalue weighted by Crippen LogP contribution is -2.04. The molecule has 0 aromatic rings. The Balaban J connectivity index is 4.08. The molecular weight excluding hydrogens is 124 g/mol. The summed E-state index contributed by atoms with van der Waals surface area (Å²) in [5.41, 5.74) is 1.16. The van der Waals surface area contributed by atoms with Gasteiger partial charge in [0.15, 0.2) is 0 Å². The highest BCUT2D eigenvalue weighted by Crippen LogP contribution is 1.93. The third-order valence-electron chi connectivity index (χ3n) is 1.35. The molecule has 2 nitrogen and oxygen atoms in total. The van der Waals surface area contributed by atoms with Gasteiger partial charge in [0, 0.05) is 12.8 Å². The maximum Gasteiger partial charge on any atom is 0.121 e. The van der Waals surface area contributed by atoms with Gasteiger partial charge in [-0.2, -0.15) is 0 Å². The lowest BCUT2D eigenvalue weighted by molar-refractivity contribution is 0.954. The van der Waals surface area contributed by atoms with Crippen molar-refractivity contribution in [3.8, 4) is 0 Å². The summed E-state index contributed by atoms with van der Waals surface area (Å²) in [6.45, 7) is 6.10. The van der Waals surface area contributed by atoms with Crippen LogP contribution in [0.4, 0.5) is 0 Å². The van der Waals surface area contributed by atoms with E-state index in [4.69, 9.17) is 0 Å². The smallest absolute Gasteiger partial charge is 0.121 e. The number of nitrogens with zero attached hydrogens (tertiary/aromatic N) is 1. The fraction of sp³-hybridized carbons (Fsp3) is 0.625. The third-order valence-corrected chi connectivity index (χ3v) is 1.35. The predicted octanol–water partition coefficient (Wildman–Crippen LogP) is 1.94. The molecule has 0 rings (SSSR count). The van der Waals surface area contributed by atoms with Gasteiger partial charge in [-0.05, 0) is 26.3 Å². The average Bonchev–Trinajstić information content (AvgIpc) is 1.99. The SMILES string of the molecule is C/C=C(/N=C(\C)CC)NC. The first-order chi connectivity index (χ1) is 4.74. The molecule has 0 unspecified atom stereocenters. The summed E-state index contributed by atoms with van der Waals surface area (Å²) in [7, 11) is 1.88. The molecule has 1 N–H and O–H groups in total. The van der Waals surface area contributed by atoms with Crippen LogP contribution in [0.15, 0.2) is 16.9 Å². The predicted molar refractivity (Wildman–Crippen MR) is 46.2 cm³/mol.